The maximum absolute atomic E-state index is 12.2. The van der Waals surface area contributed by atoms with Crippen molar-refractivity contribution in [1.82, 2.24) is 15.3 Å². The van der Waals surface area contributed by atoms with Crippen molar-refractivity contribution >= 4 is 23.8 Å². The van der Waals surface area contributed by atoms with Crippen LogP contribution in [0.2, 0.25) is 0 Å². The summed E-state index contributed by atoms with van der Waals surface area (Å²) in [6.07, 6.45) is 0. The van der Waals surface area contributed by atoms with Crippen molar-refractivity contribution in [3.05, 3.63) is 41.6 Å². The molecular weight excluding hydrogens is 376 g/mol. The minimum Gasteiger partial charge on any atom is -0.467 e. The van der Waals surface area contributed by atoms with Crippen LogP contribution < -0.4 is 21.1 Å². The Kier molecular flexibility index (Phi) is 7.07. The standard InChI is InChI=1S/C19H24N6O4/c1-10(2)15(17(26)28-4)24-19(27)25-18-22-11(3)9-14(23-18)29-13-7-5-12(6-8-13)16(20)21/h5-10,15H,1-4H3,(H3,20,21)(H2,22,23,24,25,27)/t15-/m1/s1. The molecule has 10 nitrogen and oxygen atoms in total. The first-order valence-electron chi connectivity index (χ1n) is 8.83. The summed E-state index contributed by atoms with van der Waals surface area (Å²) in [5.74, 6) is -0.0310. The third-order valence-electron chi connectivity index (χ3n) is 3.85. The average molecular weight is 400 g/mol. The number of amidine groups is 1. The number of urea groups is 1. The summed E-state index contributed by atoms with van der Waals surface area (Å²) in [7, 11) is 1.26. The van der Waals surface area contributed by atoms with Gasteiger partial charge in [-0.15, -0.1) is 0 Å². The molecule has 0 fully saturated rings. The van der Waals surface area contributed by atoms with Gasteiger partial charge in [0.1, 0.15) is 17.6 Å². The molecule has 0 radical (unpaired) electrons. The Morgan fingerprint density at radius 3 is 2.38 bits per heavy atom. The monoisotopic (exact) mass is 400 g/mol. The Bertz CT molecular complexity index is 898. The van der Waals surface area contributed by atoms with E-state index in [4.69, 9.17) is 20.6 Å². The first-order chi connectivity index (χ1) is 13.7. The van der Waals surface area contributed by atoms with E-state index in [2.05, 4.69) is 20.6 Å². The van der Waals surface area contributed by atoms with Crippen LogP contribution in [0.5, 0.6) is 11.6 Å². The summed E-state index contributed by atoms with van der Waals surface area (Å²) in [6, 6.07) is 6.76. The molecule has 2 rings (SSSR count). The van der Waals surface area contributed by atoms with Gasteiger partial charge in [0.05, 0.1) is 7.11 Å². The predicted molar refractivity (Wildman–Crippen MR) is 107 cm³/mol. The zero-order valence-corrected chi connectivity index (χ0v) is 16.6. The van der Waals surface area contributed by atoms with Gasteiger partial charge in [0.25, 0.3) is 0 Å². The quantitative estimate of drug-likeness (QED) is 0.316. The number of carbonyl (C=O) groups excluding carboxylic acids is 2. The van der Waals surface area contributed by atoms with Crippen LogP contribution in [0.15, 0.2) is 30.3 Å². The van der Waals surface area contributed by atoms with Crippen molar-refractivity contribution < 1.29 is 19.1 Å². The van der Waals surface area contributed by atoms with Gasteiger partial charge in [-0.25, -0.2) is 14.6 Å². The van der Waals surface area contributed by atoms with Crippen LogP contribution in [-0.2, 0) is 9.53 Å². The molecule has 0 aliphatic heterocycles. The number of ether oxygens (including phenoxy) is 2. The summed E-state index contributed by atoms with van der Waals surface area (Å²) in [5.41, 5.74) is 6.57. The first kappa shape index (κ1) is 21.6. The molecule has 0 saturated heterocycles. The second-order valence-corrected chi connectivity index (χ2v) is 6.55. The molecule has 0 spiro atoms. The fourth-order valence-corrected chi connectivity index (χ4v) is 2.37. The number of methoxy groups -OCH3 is 1. The minimum atomic E-state index is -0.805. The van der Waals surface area contributed by atoms with E-state index in [1.807, 2.05) is 0 Å². The molecule has 29 heavy (non-hydrogen) atoms. The summed E-state index contributed by atoms with van der Waals surface area (Å²) in [5, 5.41) is 12.4. The number of aryl methyl sites for hydroxylation is 1. The molecule has 154 valence electrons. The maximum Gasteiger partial charge on any atom is 0.328 e. The molecule has 0 aliphatic carbocycles. The lowest BCUT2D eigenvalue weighted by Crippen LogP contribution is -2.46. The second-order valence-electron chi connectivity index (χ2n) is 6.55. The number of rotatable bonds is 7. The van der Waals surface area contributed by atoms with Crippen LogP contribution in [0.4, 0.5) is 10.7 Å². The first-order valence-corrected chi connectivity index (χ1v) is 8.83. The van der Waals surface area contributed by atoms with Crippen molar-refractivity contribution in [2.24, 2.45) is 11.7 Å². The fourth-order valence-electron chi connectivity index (χ4n) is 2.37. The number of esters is 1. The number of nitrogen functional groups attached to an aromatic ring is 1. The fraction of sp³-hybridized carbons (Fsp3) is 0.316. The largest absolute Gasteiger partial charge is 0.467 e. The number of aromatic nitrogens is 2. The predicted octanol–water partition coefficient (Wildman–Crippen LogP) is 2.18. The van der Waals surface area contributed by atoms with Crippen LogP contribution in [0.1, 0.15) is 25.1 Å². The molecule has 0 aliphatic rings. The number of nitrogens with zero attached hydrogens (tertiary/aromatic N) is 2. The Morgan fingerprint density at radius 1 is 1.17 bits per heavy atom. The van der Waals surface area contributed by atoms with Crippen LogP contribution >= 0.6 is 0 Å². The van der Waals surface area contributed by atoms with Crippen molar-refractivity contribution in [1.29, 1.82) is 5.41 Å². The molecule has 5 N–H and O–H groups in total. The van der Waals surface area contributed by atoms with Crippen molar-refractivity contribution in [2.45, 2.75) is 26.8 Å². The lowest BCUT2D eigenvalue weighted by Gasteiger charge is -2.19. The summed E-state index contributed by atoms with van der Waals surface area (Å²) >= 11 is 0. The molecule has 0 saturated carbocycles. The van der Waals surface area contributed by atoms with Gasteiger partial charge in [0.2, 0.25) is 11.8 Å². The number of amides is 2. The number of carbonyl (C=O) groups is 2. The van der Waals surface area contributed by atoms with Crippen LogP contribution in [0.25, 0.3) is 0 Å². The van der Waals surface area contributed by atoms with E-state index in [0.717, 1.165) is 0 Å². The number of hydrogen-bond donors (Lipinski definition) is 4. The molecular formula is C19H24N6O4. The summed E-state index contributed by atoms with van der Waals surface area (Å²) < 4.78 is 10.4. The average Bonchev–Trinajstić information content (AvgIpc) is 2.65. The van der Waals surface area contributed by atoms with Gasteiger partial charge in [-0.2, -0.15) is 4.98 Å². The Labute approximate surface area is 168 Å². The lowest BCUT2D eigenvalue weighted by molar-refractivity contribution is -0.143. The second kappa shape index (κ2) is 9.49. The van der Waals surface area contributed by atoms with E-state index in [1.54, 1.807) is 51.1 Å². The highest BCUT2D eigenvalue weighted by atomic mass is 16.5. The number of anilines is 1. The highest BCUT2D eigenvalue weighted by Gasteiger charge is 2.25. The molecule has 1 heterocycles. The Balaban J connectivity index is 2.10. The van der Waals surface area contributed by atoms with Gasteiger partial charge < -0.3 is 20.5 Å². The molecule has 2 aromatic rings. The van der Waals surface area contributed by atoms with Gasteiger partial charge in [-0.3, -0.25) is 10.7 Å². The zero-order chi connectivity index (χ0) is 21.6. The Morgan fingerprint density at radius 2 is 1.83 bits per heavy atom. The van der Waals surface area contributed by atoms with Crippen LogP contribution in [0.3, 0.4) is 0 Å². The highest BCUT2D eigenvalue weighted by molar-refractivity contribution is 5.95. The van der Waals surface area contributed by atoms with Crippen molar-refractivity contribution in [3.63, 3.8) is 0 Å². The number of benzene rings is 1. The van der Waals surface area contributed by atoms with Gasteiger partial charge >= 0.3 is 12.0 Å². The molecule has 0 bridgehead atoms. The van der Waals surface area contributed by atoms with Gasteiger partial charge in [0.15, 0.2) is 0 Å². The number of nitrogens with one attached hydrogen (secondary N) is 3. The highest BCUT2D eigenvalue weighted by Crippen LogP contribution is 2.21. The Hall–Kier alpha value is -3.69. The van der Waals surface area contributed by atoms with E-state index >= 15 is 0 Å². The van der Waals surface area contributed by atoms with Crippen molar-refractivity contribution in [3.8, 4) is 11.6 Å². The smallest absolute Gasteiger partial charge is 0.328 e. The van der Waals surface area contributed by atoms with Crippen LogP contribution in [-0.4, -0.2) is 41.0 Å². The van der Waals surface area contributed by atoms with E-state index in [-0.39, 0.29) is 23.6 Å². The number of nitrogens with two attached hydrogens (primary N) is 1. The third kappa shape index (κ3) is 6.16. The SMILES string of the molecule is COC(=O)[C@H](NC(=O)Nc1nc(C)cc(Oc2ccc(C(=N)N)cc2)n1)C(C)C. The molecule has 10 heteroatoms. The summed E-state index contributed by atoms with van der Waals surface area (Å²) in [6.45, 7) is 5.30. The normalized spacial score (nSPS) is 11.5. The van der Waals surface area contributed by atoms with Gasteiger partial charge in [0, 0.05) is 17.3 Å². The molecule has 1 aromatic heterocycles. The molecule has 0 unspecified atom stereocenters. The van der Waals surface area contributed by atoms with E-state index < -0.39 is 18.0 Å². The minimum absolute atomic E-state index is 0.0187. The number of hydrogen-bond acceptors (Lipinski definition) is 7. The summed E-state index contributed by atoms with van der Waals surface area (Å²) in [4.78, 5) is 32.3. The van der Waals surface area contributed by atoms with Gasteiger partial charge in [-0.05, 0) is 37.1 Å². The van der Waals surface area contributed by atoms with Crippen molar-refractivity contribution in [2.75, 3.05) is 12.4 Å². The zero-order valence-electron chi connectivity index (χ0n) is 16.6. The third-order valence-corrected chi connectivity index (χ3v) is 3.85. The maximum atomic E-state index is 12.2. The van der Waals surface area contributed by atoms with E-state index in [9.17, 15) is 9.59 Å². The lowest BCUT2D eigenvalue weighted by atomic mass is 10.1. The molecule has 2 amide bonds. The molecule has 1 aromatic carbocycles. The topological polar surface area (TPSA) is 152 Å². The van der Waals surface area contributed by atoms with Crippen LogP contribution in [0, 0.1) is 18.3 Å². The van der Waals surface area contributed by atoms with Gasteiger partial charge in [-0.1, -0.05) is 13.8 Å². The molecule has 1 atom stereocenters. The van der Waals surface area contributed by atoms with E-state index in [0.29, 0.717) is 17.0 Å². The van der Waals surface area contributed by atoms with E-state index in [1.165, 1.54) is 7.11 Å².